The Morgan fingerprint density at radius 3 is 2.59 bits per heavy atom. The lowest BCUT2D eigenvalue weighted by Crippen LogP contribution is -2.19. The minimum atomic E-state index is -0.878. The summed E-state index contributed by atoms with van der Waals surface area (Å²) in [4.78, 5) is 10.6. The van der Waals surface area contributed by atoms with Gasteiger partial charge in [-0.25, -0.2) is 4.79 Å². The third kappa shape index (κ3) is 4.46. The summed E-state index contributed by atoms with van der Waals surface area (Å²) in [6, 6.07) is 0. The van der Waals surface area contributed by atoms with Crippen molar-refractivity contribution >= 4 is 5.97 Å². The highest BCUT2D eigenvalue weighted by molar-refractivity contribution is 5.81. The van der Waals surface area contributed by atoms with Crippen LogP contribution < -0.4 is 0 Å². The van der Waals surface area contributed by atoms with E-state index in [1.165, 1.54) is 37.3 Å². The predicted molar refractivity (Wildman–Crippen MR) is 91.6 cm³/mol. The molecular weight excluding hydrogens is 272 g/mol. The van der Waals surface area contributed by atoms with Gasteiger partial charge < -0.3 is 5.11 Å². The number of rotatable bonds is 5. The smallest absolute Gasteiger partial charge is 0.328 e. The van der Waals surface area contributed by atoms with Crippen LogP contribution in [-0.2, 0) is 4.79 Å². The lowest BCUT2D eigenvalue weighted by atomic mass is 9.72. The number of allylic oxidation sites excluding steroid dienone is 7. The van der Waals surface area contributed by atoms with Gasteiger partial charge in [0, 0.05) is 6.08 Å². The first-order chi connectivity index (χ1) is 10.3. The maximum Gasteiger partial charge on any atom is 0.328 e. The molecule has 2 unspecified atom stereocenters. The van der Waals surface area contributed by atoms with Crippen LogP contribution in [0.4, 0.5) is 0 Å². The molecular formula is C20H28O2. The Kier molecular flexibility index (Phi) is 5.10. The van der Waals surface area contributed by atoms with Gasteiger partial charge in [0.05, 0.1) is 0 Å². The maximum atomic E-state index is 10.6. The summed E-state index contributed by atoms with van der Waals surface area (Å²) in [5.74, 6) is 0.309. The minimum Gasteiger partial charge on any atom is -0.478 e. The van der Waals surface area contributed by atoms with Gasteiger partial charge in [0.2, 0.25) is 0 Å². The zero-order chi connectivity index (χ0) is 16.3. The van der Waals surface area contributed by atoms with Crippen molar-refractivity contribution in [2.75, 3.05) is 0 Å². The van der Waals surface area contributed by atoms with Crippen molar-refractivity contribution in [1.29, 1.82) is 0 Å². The van der Waals surface area contributed by atoms with Gasteiger partial charge in [-0.1, -0.05) is 43.7 Å². The standard InChI is InChI=1S/C20H28O2/c1-14(12-19(21)22)7-8-16-13-17(16)9-10-18-15(2)6-5-11-20(18,3)4/h7-10,12,16-17H,5-6,11,13H2,1-4H3,(H,21,22)/b8-7+,10-9+,14-12+. The molecule has 1 fully saturated rings. The Balaban J connectivity index is 1.94. The van der Waals surface area contributed by atoms with Gasteiger partial charge in [-0.05, 0) is 67.9 Å². The Morgan fingerprint density at radius 1 is 1.27 bits per heavy atom. The summed E-state index contributed by atoms with van der Waals surface area (Å²) in [6.45, 7) is 8.79. The van der Waals surface area contributed by atoms with Gasteiger partial charge in [0.25, 0.3) is 0 Å². The van der Waals surface area contributed by atoms with E-state index in [1.807, 2.05) is 13.0 Å². The molecule has 2 atom stereocenters. The van der Waals surface area contributed by atoms with Crippen molar-refractivity contribution in [3.63, 3.8) is 0 Å². The molecule has 0 aromatic heterocycles. The zero-order valence-electron chi connectivity index (χ0n) is 14.2. The van der Waals surface area contributed by atoms with Crippen LogP contribution in [0.15, 0.2) is 47.1 Å². The fourth-order valence-electron chi connectivity index (χ4n) is 3.43. The van der Waals surface area contributed by atoms with Crippen LogP contribution in [0.5, 0.6) is 0 Å². The van der Waals surface area contributed by atoms with Crippen LogP contribution in [0.1, 0.15) is 53.4 Å². The molecule has 2 rings (SSSR count). The van der Waals surface area contributed by atoms with Gasteiger partial charge in [-0.2, -0.15) is 0 Å². The van der Waals surface area contributed by atoms with E-state index in [1.54, 1.807) is 5.57 Å². The van der Waals surface area contributed by atoms with Crippen molar-refractivity contribution in [3.05, 3.63) is 47.1 Å². The van der Waals surface area contributed by atoms with Gasteiger partial charge in [0.15, 0.2) is 0 Å². The SMILES string of the molecule is CC1=C(/C=C/C2CC2/C=C/C(C)=C/C(=O)O)C(C)(C)CCC1. The molecule has 0 aromatic rings. The Morgan fingerprint density at radius 2 is 1.95 bits per heavy atom. The second kappa shape index (κ2) is 6.68. The van der Waals surface area contributed by atoms with E-state index in [2.05, 4.69) is 39.0 Å². The van der Waals surface area contributed by atoms with Gasteiger partial charge >= 0.3 is 5.97 Å². The van der Waals surface area contributed by atoms with Crippen molar-refractivity contribution in [1.82, 2.24) is 0 Å². The molecule has 2 nitrogen and oxygen atoms in total. The molecule has 0 radical (unpaired) electrons. The van der Waals surface area contributed by atoms with Crippen LogP contribution >= 0.6 is 0 Å². The van der Waals surface area contributed by atoms with Gasteiger partial charge in [-0.15, -0.1) is 0 Å². The summed E-state index contributed by atoms with van der Waals surface area (Å²) < 4.78 is 0. The third-order valence-electron chi connectivity index (χ3n) is 4.90. The lowest BCUT2D eigenvalue weighted by Gasteiger charge is -2.33. The predicted octanol–water partition coefficient (Wildman–Crippen LogP) is 5.29. The molecule has 1 N–H and O–H groups in total. The van der Waals surface area contributed by atoms with E-state index in [4.69, 9.17) is 5.11 Å². The molecule has 120 valence electrons. The molecule has 2 aliphatic rings. The van der Waals surface area contributed by atoms with Crippen molar-refractivity contribution in [3.8, 4) is 0 Å². The normalized spacial score (nSPS) is 28.6. The molecule has 2 aliphatic carbocycles. The number of carboxylic acid groups (broad SMARTS) is 1. The summed E-state index contributed by atoms with van der Waals surface area (Å²) in [6.07, 6.45) is 15.0. The molecule has 0 bridgehead atoms. The monoisotopic (exact) mass is 300 g/mol. The van der Waals surface area contributed by atoms with Crippen LogP contribution in [-0.4, -0.2) is 11.1 Å². The third-order valence-corrected chi connectivity index (χ3v) is 4.90. The summed E-state index contributed by atoms with van der Waals surface area (Å²) in [5.41, 5.74) is 4.17. The van der Waals surface area contributed by atoms with E-state index >= 15 is 0 Å². The van der Waals surface area contributed by atoms with E-state index in [0.717, 1.165) is 5.57 Å². The largest absolute Gasteiger partial charge is 0.478 e. The Labute approximate surface area is 134 Å². The average Bonchev–Trinajstić information content (AvgIpc) is 3.13. The van der Waals surface area contributed by atoms with E-state index < -0.39 is 5.97 Å². The number of aliphatic carboxylic acids is 1. The summed E-state index contributed by atoms with van der Waals surface area (Å²) >= 11 is 0. The molecule has 0 amide bonds. The number of carboxylic acids is 1. The molecule has 0 aromatic carbocycles. The first kappa shape index (κ1) is 16.8. The fourth-order valence-corrected chi connectivity index (χ4v) is 3.43. The quantitative estimate of drug-likeness (QED) is 0.553. The number of hydrogen-bond donors (Lipinski definition) is 1. The van der Waals surface area contributed by atoms with Crippen LogP contribution in [0.2, 0.25) is 0 Å². The van der Waals surface area contributed by atoms with Crippen molar-refractivity contribution in [2.24, 2.45) is 17.3 Å². The highest BCUT2D eigenvalue weighted by Gasteiger charge is 2.33. The maximum absolute atomic E-state index is 10.6. The van der Waals surface area contributed by atoms with Crippen LogP contribution in [0, 0.1) is 17.3 Å². The fraction of sp³-hybridized carbons (Fsp3) is 0.550. The Bertz CT molecular complexity index is 558. The first-order valence-electron chi connectivity index (χ1n) is 8.27. The average molecular weight is 300 g/mol. The van der Waals surface area contributed by atoms with Crippen molar-refractivity contribution in [2.45, 2.75) is 53.4 Å². The van der Waals surface area contributed by atoms with Crippen LogP contribution in [0.3, 0.4) is 0 Å². The minimum absolute atomic E-state index is 0.305. The molecule has 0 heterocycles. The molecule has 1 saturated carbocycles. The number of carbonyl (C=O) groups is 1. The lowest BCUT2D eigenvalue weighted by molar-refractivity contribution is -0.131. The second-order valence-corrected chi connectivity index (χ2v) is 7.44. The topological polar surface area (TPSA) is 37.3 Å². The highest BCUT2D eigenvalue weighted by Crippen LogP contribution is 2.44. The first-order valence-corrected chi connectivity index (χ1v) is 8.27. The Hall–Kier alpha value is -1.57. The van der Waals surface area contributed by atoms with Crippen LogP contribution in [0.25, 0.3) is 0 Å². The molecule has 0 aliphatic heterocycles. The molecule has 22 heavy (non-hydrogen) atoms. The second-order valence-electron chi connectivity index (χ2n) is 7.44. The number of hydrogen-bond acceptors (Lipinski definition) is 1. The van der Waals surface area contributed by atoms with Gasteiger partial charge in [-0.3, -0.25) is 0 Å². The highest BCUT2D eigenvalue weighted by atomic mass is 16.4. The van der Waals surface area contributed by atoms with E-state index in [0.29, 0.717) is 17.3 Å². The summed E-state index contributed by atoms with van der Waals surface area (Å²) in [7, 11) is 0. The molecule has 0 saturated heterocycles. The van der Waals surface area contributed by atoms with Gasteiger partial charge in [0.1, 0.15) is 0 Å². The molecule has 2 heteroatoms. The van der Waals surface area contributed by atoms with E-state index in [-0.39, 0.29) is 0 Å². The molecule has 0 spiro atoms. The van der Waals surface area contributed by atoms with E-state index in [9.17, 15) is 4.79 Å². The zero-order valence-corrected chi connectivity index (χ0v) is 14.2. The summed E-state index contributed by atoms with van der Waals surface area (Å²) in [5, 5.41) is 8.69. The van der Waals surface area contributed by atoms with Crippen molar-refractivity contribution < 1.29 is 9.90 Å².